The molecule has 0 saturated carbocycles. The second-order valence-electron chi connectivity index (χ2n) is 4.78. The number of hydrogen-bond donors (Lipinski definition) is 1. The number of methoxy groups -OCH3 is 1. The normalized spacial score (nSPS) is 18.4. The van der Waals surface area contributed by atoms with Crippen LogP contribution in [0.2, 0.25) is 0 Å². The fourth-order valence-electron chi connectivity index (χ4n) is 2.30. The van der Waals surface area contributed by atoms with Crippen LogP contribution in [0, 0.1) is 6.92 Å². The van der Waals surface area contributed by atoms with E-state index in [1.165, 1.54) is 0 Å². The SMILES string of the molecule is COc1cc2nc(C)[nH]c(=O)c2cc1O[C@@H]1CCOC1. The smallest absolute Gasteiger partial charge is 0.258 e. The lowest BCUT2D eigenvalue weighted by molar-refractivity contribution is 0.139. The minimum atomic E-state index is -0.178. The minimum absolute atomic E-state index is 0.00107. The number of nitrogens with one attached hydrogen (secondary N) is 1. The molecular formula is C14H16N2O4. The van der Waals surface area contributed by atoms with Crippen molar-refractivity contribution in [2.45, 2.75) is 19.4 Å². The third-order valence-corrected chi connectivity index (χ3v) is 3.29. The van der Waals surface area contributed by atoms with Crippen molar-refractivity contribution in [1.29, 1.82) is 0 Å². The minimum Gasteiger partial charge on any atom is -0.493 e. The monoisotopic (exact) mass is 276 g/mol. The number of aryl methyl sites for hydroxylation is 1. The lowest BCUT2D eigenvalue weighted by Crippen LogP contribution is -2.17. The number of benzene rings is 1. The predicted molar refractivity (Wildman–Crippen MR) is 73.5 cm³/mol. The molecule has 1 fully saturated rings. The summed E-state index contributed by atoms with van der Waals surface area (Å²) >= 11 is 0. The van der Waals surface area contributed by atoms with Crippen molar-refractivity contribution in [3.63, 3.8) is 0 Å². The summed E-state index contributed by atoms with van der Waals surface area (Å²) in [7, 11) is 1.57. The molecule has 1 N–H and O–H groups in total. The van der Waals surface area contributed by atoms with Crippen molar-refractivity contribution < 1.29 is 14.2 Å². The molecule has 6 heteroatoms. The lowest BCUT2D eigenvalue weighted by Gasteiger charge is -2.15. The van der Waals surface area contributed by atoms with Gasteiger partial charge in [-0.05, 0) is 13.0 Å². The highest BCUT2D eigenvalue weighted by Crippen LogP contribution is 2.32. The molecule has 0 amide bonds. The summed E-state index contributed by atoms with van der Waals surface area (Å²) in [5.74, 6) is 1.69. The maximum absolute atomic E-state index is 12.0. The standard InChI is InChI=1S/C14H16N2O4/c1-8-15-11-6-12(18-2)13(5-10(11)14(17)16-8)20-9-3-4-19-7-9/h5-6,9H,3-4,7H2,1-2H3,(H,15,16,17)/t9-/m1/s1. The zero-order valence-corrected chi connectivity index (χ0v) is 11.4. The van der Waals surface area contributed by atoms with E-state index in [9.17, 15) is 4.79 Å². The number of ether oxygens (including phenoxy) is 3. The Morgan fingerprint density at radius 3 is 2.95 bits per heavy atom. The molecule has 0 radical (unpaired) electrons. The molecule has 1 atom stereocenters. The first-order valence-electron chi connectivity index (χ1n) is 6.50. The van der Waals surface area contributed by atoms with E-state index in [-0.39, 0.29) is 11.7 Å². The van der Waals surface area contributed by atoms with Crippen LogP contribution in [0.3, 0.4) is 0 Å². The summed E-state index contributed by atoms with van der Waals surface area (Å²) in [5, 5.41) is 0.491. The van der Waals surface area contributed by atoms with E-state index in [2.05, 4.69) is 9.97 Å². The Bertz CT molecular complexity index is 689. The van der Waals surface area contributed by atoms with Crippen LogP contribution in [0.15, 0.2) is 16.9 Å². The van der Waals surface area contributed by atoms with E-state index in [1.807, 2.05) is 0 Å². The highest BCUT2D eigenvalue weighted by atomic mass is 16.6. The van der Waals surface area contributed by atoms with Crippen LogP contribution in [-0.2, 0) is 4.74 Å². The van der Waals surface area contributed by atoms with Crippen molar-refractivity contribution in [3.05, 3.63) is 28.3 Å². The second-order valence-corrected chi connectivity index (χ2v) is 4.78. The van der Waals surface area contributed by atoms with Crippen molar-refractivity contribution in [2.24, 2.45) is 0 Å². The molecule has 20 heavy (non-hydrogen) atoms. The Morgan fingerprint density at radius 1 is 1.40 bits per heavy atom. The molecule has 0 bridgehead atoms. The molecule has 1 aliphatic rings. The Labute approximate surface area is 115 Å². The summed E-state index contributed by atoms with van der Waals surface area (Å²) in [6.07, 6.45) is 0.836. The van der Waals surface area contributed by atoms with Gasteiger partial charge in [0.15, 0.2) is 11.5 Å². The van der Waals surface area contributed by atoms with E-state index in [4.69, 9.17) is 14.2 Å². The molecule has 1 aromatic carbocycles. The Kier molecular flexibility index (Phi) is 3.31. The number of rotatable bonds is 3. The highest BCUT2D eigenvalue weighted by Gasteiger charge is 2.20. The molecular weight excluding hydrogens is 260 g/mol. The van der Waals surface area contributed by atoms with Gasteiger partial charge in [-0.2, -0.15) is 0 Å². The largest absolute Gasteiger partial charge is 0.493 e. The summed E-state index contributed by atoms with van der Waals surface area (Å²) in [6.45, 7) is 3.00. The Morgan fingerprint density at radius 2 is 2.25 bits per heavy atom. The number of nitrogens with zero attached hydrogens (tertiary/aromatic N) is 1. The summed E-state index contributed by atoms with van der Waals surface area (Å²) < 4.78 is 16.5. The number of hydrogen-bond acceptors (Lipinski definition) is 5. The van der Waals surface area contributed by atoms with Gasteiger partial charge < -0.3 is 19.2 Å². The van der Waals surface area contributed by atoms with Crippen molar-refractivity contribution >= 4 is 10.9 Å². The van der Waals surface area contributed by atoms with E-state index in [1.54, 1.807) is 26.2 Å². The predicted octanol–water partition coefficient (Wildman–Crippen LogP) is 1.41. The molecule has 106 valence electrons. The van der Waals surface area contributed by atoms with E-state index in [0.717, 1.165) is 6.42 Å². The fraction of sp³-hybridized carbons (Fsp3) is 0.429. The van der Waals surface area contributed by atoms with Crippen LogP contribution in [0.25, 0.3) is 10.9 Å². The van der Waals surface area contributed by atoms with Gasteiger partial charge in [0.2, 0.25) is 0 Å². The lowest BCUT2D eigenvalue weighted by atomic mass is 10.2. The van der Waals surface area contributed by atoms with Gasteiger partial charge in [0, 0.05) is 12.5 Å². The zero-order chi connectivity index (χ0) is 14.1. The summed E-state index contributed by atoms with van der Waals surface area (Å²) in [6, 6.07) is 3.40. The van der Waals surface area contributed by atoms with Crippen molar-refractivity contribution in [3.8, 4) is 11.5 Å². The molecule has 3 rings (SSSR count). The Hall–Kier alpha value is -2.08. The van der Waals surface area contributed by atoms with Crippen molar-refractivity contribution in [2.75, 3.05) is 20.3 Å². The molecule has 0 spiro atoms. The van der Waals surface area contributed by atoms with Gasteiger partial charge in [-0.3, -0.25) is 4.79 Å². The van der Waals surface area contributed by atoms with Crippen LogP contribution in [0.1, 0.15) is 12.2 Å². The van der Waals surface area contributed by atoms with Crippen LogP contribution >= 0.6 is 0 Å². The topological polar surface area (TPSA) is 73.4 Å². The first-order valence-corrected chi connectivity index (χ1v) is 6.50. The molecule has 1 saturated heterocycles. The van der Waals surface area contributed by atoms with Crippen LogP contribution in [0.5, 0.6) is 11.5 Å². The highest BCUT2D eigenvalue weighted by molar-refractivity contribution is 5.81. The molecule has 1 aliphatic heterocycles. The number of H-pyrrole nitrogens is 1. The first kappa shape index (κ1) is 12.9. The average molecular weight is 276 g/mol. The van der Waals surface area contributed by atoms with Crippen molar-refractivity contribution in [1.82, 2.24) is 9.97 Å². The van der Waals surface area contributed by atoms with E-state index in [0.29, 0.717) is 41.4 Å². The van der Waals surface area contributed by atoms with Gasteiger partial charge in [-0.1, -0.05) is 0 Å². The molecule has 2 heterocycles. The Balaban J connectivity index is 2.08. The molecule has 0 aliphatic carbocycles. The van der Waals surface area contributed by atoms with Gasteiger partial charge in [-0.25, -0.2) is 4.98 Å². The van der Waals surface area contributed by atoms with E-state index < -0.39 is 0 Å². The van der Waals surface area contributed by atoms with Crippen LogP contribution < -0.4 is 15.0 Å². The van der Waals surface area contributed by atoms with Gasteiger partial charge in [0.25, 0.3) is 5.56 Å². The van der Waals surface area contributed by atoms with Gasteiger partial charge in [-0.15, -0.1) is 0 Å². The van der Waals surface area contributed by atoms with Crippen LogP contribution in [0.4, 0.5) is 0 Å². The molecule has 2 aromatic rings. The van der Waals surface area contributed by atoms with Gasteiger partial charge in [0.05, 0.1) is 31.2 Å². The molecule has 0 unspecified atom stereocenters. The third-order valence-electron chi connectivity index (χ3n) is 3.29. The zero-order valence-electron chi connectivity index (χ0n) is 11.4. The fourth-order valence-corrected chi connectivity index (χ4v) is 2.30. The quantitative estimate of drug-likeness (QED) is 0.917. The maximum atomic E-state index is 12.0. The van der Waals surface area contributed by atoms with Crippen LogP contribution in [-0.4, -0.2) is 36.4 Å². The molecule has 1 aromatic heterocycles. The first-order chi connectivity index (χ1) is 9.67. The third kappa shape index (κ3) is 2.34. The average Bonchev–Trinajstić information content (AvgIpc) is 2.91. The molecule has 6 nitrogen and oxygen atoms in total. The van der Waals surface area contributed by atoms with Gasteiger partial charge >= 0.3 is 0 Å². The number of aromatic amines is 1. The second kappa shape index (κ2) is 5.13. The number of fused-ring (bicyclic) bond motifs is 1. The van der Waals surface area contributed by atoms with E-state index >= 15 is 0 Å². The number of aromatic nitrogens is 2. The summed E-state index contributed by atoms with van der Waals surface area (Å²) in [4.78, 5) is 19.0. The summed E-state index contributed by atoms with van der Waals surface area (Å²) in [5.41, 5.74) is 0.417. The van der Waals surface area contributed by atoms with Gasteiger partial charge in [0.1, 0.15) is 11.9 Å². The maximum Gasteiger partial charge on any atom is 0.258 e.